The molecule has 104 valence electrons. The van der Waals surface area contributed by atoms with Crippen LogP contribution in [0.15, 0.2) is 36.5 Å². The van der Waals surface area contributed by atoms with Gasteiger partial charge in [0.25, 0.3) is 0 Å². The number of hydrogen-bond acceptors (Lipinski definition) is 4. The number of aromatic nitrogens is 1. The van der Waals surface area contributed by atoms with Crippen LogP contribution in [0.2, 0.25) is 0 Å². The third-order valence-corrected chi connectivity index (χ3v) is 3.77. The normalized spacial score (nSPS) is 17.4. The summed E-state index contributed by atoms with van der Waals surface area (Å²) < 4.78 is 5.16. The average molecular weight is 269 g/mol. The molecule has 0 bridgehead atoms. The molecule has 0 saturated heterocycles. The molecule has 0 radical (unpaired) electrons. The Morgan fingerprint density at radius 2 is 2.20 bits per heavy atom. The van der Waals surface area contributed by atoms with Crippen molar-refractivity contribution in [3.8, 4) is 5.88 Å². The van der Waals surface area contributed by atoms with Gasteiger partial charge in [0, 0.05) is 23.6 Å². The van der Waals surface area contributed by atoms with Crippen molar-refractivity contribution in [2.75, 3.05) is 18.2 Å². The fourth-order valence-electron chi connectivity index (χ4n) is 2.80. The first-order valence-electron chi connectivity index (χ1n) is 6.91. The zero-order chi connectivity index (χ0) is 13.9. The van der Waals surface area contributed by atoms with E-state index in [9.17, 15) is 0 Å². The highest BCUT2D eigenvalue weighted by Crippen LogP contribution is 2.33. The number of hydrogen-bond donors (Lipinski definition) is 2. The van der Waals surface area contributed by atoms with Crippen LogP contribution in [0.3, 0.4) is 0 Å². The van der Waals surface area contributed by atoms with Crippen LogP contribution in [-0.2, 0) is 6.42 Å². The monoisotopic (exact) mass is 269 g/mol. The Kier molecular flexibility index (Phi) is 3.46. The van der Waals surface area contributed by atoms with Gasteiger partial charge in [-0.2, -0.15) is 0 Å². The van der Waals surface area contributed by atoms with Crippen LogP contribution < -0.4 is 15.8 Å². The van der Waals surface area contributed by atoms with Crippen LogP contribution in [0.5, 0.6) is 5.88 Å². The smallest absolute Gasteiger partial charge is 0.214 e. The number of rotatable bonds is 3. The highest BCUT2D eigenvalue weighted by Gasteiger charge is 2.20. The van der Waals surface area contributed by atoms with Crippen molar-refractivity contribution in [2.24, 2.45) is 0 Å². The van der Waals surface area contributed by atoms with Crippen molar-refractivity contribution < 1.29 is 4.74 Å². The molecule has 0 fully saturated rings. The van der Waals surface area contributed by atoms with Gasteiger partial charge in [-0.1, -0.05) is 6.07 Å². The summed E-state index contributed by atoms with van der Waals surface area (Å²) >= 11 is 0. The third-order valence-electron chi connectivity index (χ3n) is 3.77. The molecule has 20 heavy (non-hydrogen) atoms. The number of ether oxygens (including phenoxy) is 1. The lowest BCUT2D eigenvalue weighted by Crippen LogP contribution is -2.17. The Balaban J connectivity index is 1.85. The van der Waals surface area contributed by atoms with E-state index in [1.165, 1.54) is 17.5 Å². The van der Waals surface area contributed by atoms with Gasteiger partial charge in [0.1, 0.15) is 0 Å². The first-order valence-corrected chi connectivity index (χ1v) is 6.91. The van der Waals surface area contributed by atoms with Crippen LogP contribution in [0.4, 0.5) is 11.4 Å². The largest absolute Gasteiger partial charge is 0.481 e. The Labute approximate surface area is 119 Å². The maximum atomic E-state index is 5.87. The topological polar surface area (TPSA) is 60.2 Å². The van der Waals surface area contributed by atoms with E-state index in [1.54, 1.807) is 13.3 Å². The number of nitrogens with one attached hydrogen (secondary N) is 1. The van der Waals surface area contributed by atoms with Crippen LogP contribution in [0.1, 0.15) is 30.0 Å². The third kappa shape index (κ3) is 2.54. The second-order valence-electron chi connectivity index (χ2n) is 5.13. The molecule has 1 aromatic carbocycles. The molecule has 3 rings (SSSR count). The lowest BCUT2D eigenvalue weighted by molar-refractivity contribution is 0.398. The van der Waals surface area contributed by atoms with Gasteiger partial charge in [-0.25, -0.2) is 4.98 Å². The predicted octanol–water partition coefficient (Wildman–Crippen LogP) is 3.16. The van der Waals surface area contributed by atoms with Crippen molar-refractivity contribution in [3.63, 3.8) is 0 Å². The van der Waals surface area contributed by atoms with Crippen molar-refractivity contribution >= 4 is 11.4 Å². The quantitative estimate of drug-likeness (QED) is 0.840. The molecule has 4 heteroatoms. The van der Waals surface area contributed by atoms with Crippen molar-refractivity contribution in [1.82, 2.24) is 4.98 Å². The number of benzene rings is 1. The predicted molar refractivity (Wildman–Crippen MR) is 80.9 cm³/mol. The van der Waals surface area contributed by atoms with Crippen molar-refractivity contribution in [2.45, 2.75) is 25.3 Å². The Hall–Kier alpha value is -2.23. The van der Waals surface area contributed by atoms with Gasteiger partial charge < -0.3 is 15.8 Å². The molecule has 1 unspecified atom stereocenters. The summed E-state index contributed by atoms with van der Waals surface area (Å²) in [6.07, 6.45) is 5.17. The van der Waals surface area contributed by atoms with Gasteiger partial charge in [0.2, 0.25) is 5.88 Å². The van der Waals surface area contributed by atoms with E-state index in [0.29, 0.717) is 11.9 Å². The number of nitrogens with zero attached hydrogens (tertiary/aromatic N) is 1. The zero-order valence-electron chi connectivity index (χ0n) is 11.6. The Morgan fingerprint density at radius 3 is 3.05 bits per heavy atom. The molecule has 1 heterocycles. The summed E-state index contributed by atoms with van der Waals surface area (Å²) in [4.78, 5) is 4.13. The molecule has 0 aliphatic heterocycles. The van der Waals surface area contributed by atoms with E-state index in [4.69, 9.17) is 10.5 Å². The molecule has 3 N–H and O–H groups in total. The zero-order valence-corrected chi connectivity index (χ0v) is 11.6. The summed E-state index contributed by atoms with van der Waals surface area (Å²) in [6.45, 7) is 0. The molecule has 2 aromatic rings. The van der Waals surface area contributed by atoms with Gasteiger partial charge >= 0.3 is 0 Å². The van der Waals surface area contributed by atoms with Crippen molar-refractivity contribution in [3.05, 3.63) is 47.7 Å². The van der Waals surface area contributed by atoms with Crippen LogP contribution >= 0.6 is 0 Å². The molecular weight excluding hydrogens is 250 g/mol. The molecule has 0 saturated carbocycles. The molecule has 0 spiro atoms. The van der Waals surface area contributed by atoms with E-state index in [0.717, 1.165) is 24.2 Å². The number of methoxy groups -OCH3 is 1. The minimum Gasteiger partial charge on any atom is -0.481 e. The molecule has 1 aliphatic carbocycles. The maximum absolute atomic E-state index is 5.87. The molecule has 0 amide bonds. The van der Waals surface area contributed by atoms with Gasteiger partial charge in [0.15, 0.2) is 0 Å². The number of aryl methyl sites for hydroxylation is 1. The number of nitrogens with two attached hydrogens (primary N) is 1. The van der Waals surface area contributed by atoms with E-state index < -0.39 is 0 Å². The van der Waals surface area contributed by atoms with Crippen molar-refractivity contribution in [1.29, 1.82) is 0 Å². The maximum Gasteiger partial charge on any atom is 0.214 e. The number of fused-ring (bicyclic) bond motifs is 1. The minimum atomic E-state index is 0.325. The fourth-order valence-corrected chi connectivity index (χ4v) is 2.80. The highest BCUT2D eigenvalue weighted by atomic mass is 16.5. The van der Waals surface area contributed by atoms with E-state index in [2.05, 4.69) is 22.4 Å². The first kappa shape index (κ1) is 12.8. The average Bonchev–Trinajstić information content (AvgIpc) is 2.47. The number of anilines is 2. The molecular formula is C16H19N3O. The summed E-state index contributed by atoms with van der Waals surface area (Å²) in [7, 11) is 1.63. The van der Waals surface area contributed by atoms with Gasteiger partial charge in [-0.15, -0.1) is 0 Å². The lowest BCUT2D eigenvalue weighted by atomic mass is 9.87. The summed E-state index contributed by atoms with van der Waals surface area (Å²) in [5.74, 6) is 0.628. The number of nitrogen functional groups attached to an aromatic ring is 1. The van der Waals surface area contributed by atoms with Gasteiger partial charge in [0.05, 0.1) is 13.2 Å². The Morgan fingerprint density at radius 1 is 1.30 bits per heavy atom. The molecule has 1 aliphatic rings. The standard InChI is InChI=1S/C16H19N3O/c1-20-16-10-13(7-8-18-16)19-15-4-2-3-11-9-12(17)5-6-14(11)15/h5-10,15H,2-4,17H2,1H3,(H,18,19). The SMILES string of the molecule is COc1cc(NC2CCCc3cc(N)ccc32)ccn1. The van der Waals surface area contributed by atoms with Gasteiger partial charge in [-0.05, 0) is 48.6 Å². The van der Waals surface area contributed by atoms with Crippen LogP contribution in [-0.4, -0.2) is 12.1 Å². The summed E-state index contributed by atoms with van der Waals surface area (Å²) in [5.41, 5.74) is 10.5. The fraction of sp³-hybridized carbons (Fsp3) is 0.312. The van der Waals surface area contributed by atoms with E-state index >= 15 is 0 Å². The first-order chi connectivity index (χ1) is 9.76. The molecule has 1 atom stereocenters. The second-order valence-corrected chi connectivity index (χ2v) is 5.13. The van der Waals surface area contributed by atoms with E-state index in [-0.39, 0.29) is 0 Å². The second kappa shape index (κ2) is 5.41. The van der Waals surface area contributed by atoms with Crippen LogP contribution in [0, 0.1) is 0 Å². The molecule has 1 aromatic heterocycles. The number of pyridine rings is 1. The highest BCUT2D eigenvalue weighted by molar-refractivity contribution is 5.51. The minimum absolute atomic E-state index is 0.325. The van der Waals surface area contributed by atoms with Crippen LogP contribution in [0.25, 0.3) is 0 Å². The lowest BCUT2D eigenvalue weighted by Gasteiger charge is -2.27. The van der Waals surface area contributed by atoms with E-state index in [1.807, 2.05) is 18.2 Å². The summed E-state index contributed by atoms with van der Waals surface area (Å²) in [5, 5.41) is 3.57. The molecule has 4 nitrogen and oxygen atoms in total. The van der Waals surface area contributed by atoms with Gasteiger partial charge in [-0.3, -0.25) is 0 Å². The summed E-state index contributed by atoms with van der Waals surface area (Å²) in [6, 6.07) is 10.4. The Bertz CT molecular complexity index is 612.